The van der Waals surface area contributed by atoms with Crippen LogP contribution in [0, 0.1) is 0 Å². The van der Waals surface area contributed by atoms with Crippen molar-refractivity contribution in [1.29, 1.82) is 0 Å². The maximum atomic E-state index is 12.5. The van der Waals surface area contributed by atoms with Crippen molar-refractivity contribution < 1.29 is 4.79 Å². The van der Waals surface area contributed by atoms with Crippen LogP contribution in [0.1, 0.15) is 29.8 Å². The van der Waals surface area contributed by atoms with Crippen molar-refractivity contribution in [1.82, 2.24) is 5.32 Å². The summed E-state index contributed by atoms with van der Waals surface area (Å²) in [4.78, 5) is 14.7. The van der Waals surface area contributed by atoms with E-state index in [9.17, 15) is 4.79 Å². The van der Waals surface area contributed by atoms with Gasteiger partial charge < -0.3 is 10.2 Å². The average molecular weight is 399 g/mol. The molecule has 0 radical (unpaired) electrons. The predicted molar refractivity (Wildman–Crippen MR) is 107 cm³/mol. The van der Waals surface area contributed by atoms with Gasteiger partial charge in [-0.05, 0) is 42.0 Å². The van der Waals surface area contributed by atoms with Gasteiger partial charge >= 0.3 is 0 Å². The zero-order valence-corrected chi connectivity index (χ0v) is 16.2. The summed E-state index contributed by atoms with van der Waals surface area (Å²) < 4.78 is 1.06. The number of amides is 1. The lowest BCUT2D eigenvalue weighted by Gasteiger charge is -2.26. The van der Waals surface area contributed by atoms with E-state index in [1.807, 2.05) is 36.4 Å². The van der Waals surface area contributed by atoms with Crippen LogP contribution in [0.2, 0.25) is 0 Å². The second kappa shape index (κ2) is 7.44. The Bertz CT molecular complexity index is 755. The first kappa shape index (κ1) is 17.7. The summed E-state index contributed by atoms with van der Waals surface area (Å²) in [5, 5.41) is 3.06. The molecule has 0 spiro atoms. The maximum absolute atomic E-state index is 12.5. The van der Waals surface area contributed by atoms with Crippen LogP contribution in [0.25, 0.3) is 0 Å². The summed E-state index contributed by atoms with van der Waals surface area (Å²) in [6.45, 7) is 6.74. The Labute approximate surface area is 157 Å². The molecule has 0 aromatic heterocycles. The van der Waals surface area contributed by atoms with Gasteiger partial charge in [0.05, 0.1) is 0 Å². The third-order valence-corrected chi connectivity index (χ3v) is 5.16. The number of hydrogen-bond acceptors (Lipinski definition) is 2. The smallest absolute Gasteiger partial charge is 0.251 e. The Morgan fingerprint density at radius 2 is 1.64 bits per heavy atom. The van der Waals surface area contributed by atoms with Crippen LogP contribution in [0.5, 0.6) is 0 Å². The van der Waals surface area contributed by atoms with Gasteiger partial charge in [-0.3, -0.25) is 4.79 Å². The Kier molecular flexibility index (Phi) is 5.28. The molecule has 3 nitrogen and oxygen atoms in total. The van der Waals surface area contributed by atoms with Crippen molar-refractivity contribution in [3.8, 4) is 0 Å². The minimum absolute atomic E-state index is 0.0312. The predicted octanol–water partition coefficient (Wildman–Crippen LogP) is 4.53. The van der Waals surface area contributed by atoms with E-state index in [4.69, 9.17) is 0 Å². The molecule has 0 bridgehead atoms. The van der Waals surface area contributed by atoms with E-state index in [1.165, 1.54) is 5.56 Å². The molecule has 1 N–H and O–H groups in total. The van der Waals surface area contributed by atoms with Crippen LogP contribution in [0.4, 0.5) is 5.69 Å². The quantitative estimate of drug-likeness (QED) is 0.750. The van der Waals surface area contributed by atoms with E-state index in [0.29, 0.717) is 12.1 Å². The third kappa shape index (κ3) is 4.31. The van der Waals surface area contributed by atoms with Crippen LogP contribution in [-0.2, 0) is 5.41 Å². The molecule has 4 heteroatoms. The highest BCUT2D eigenvalue weighted by atomic mass is 79.9. The number of halogens is 1. The molecule has 0 fully saturated rings. The molecule has 0 unspecified atom stereocenters. The second-order valence-corrected chi connectivity index (χ2v) is 7.91. The number of nitrogens with zero attached hydrogens (tertiary/aromatic N) is 1. The van der Waals surface area contributed by atoms with Crippen LogP contribution in [-0.4, -0.2) is 25.5 Å². The second-order valence-electron chi connectivity index (χ2n) is 7.00. The van der Waals surface area contributed by atoms with Crippen molar-refractivity contribution in [2.24, 2.45) is 0 Å². The van der Waals surface area contributed by atoms with E-state index < -0.39 is 0 Å². The highest BCUT2D eigenvalue weighted by molar-refractivity contribution is 9.10. The normalized spacial score (nSPS) is 14.0. The van der Waals surface area contributed by atoms with Gasteiger partial charge in [0.15, 0.2) is 0 Å². The van der Waals surface area contributed by atoms with Crippen LogP contribution in [0.15, 0.2) is 65.2 Å². The monoisotopic (exact) mass is 398 g/mol. The number of nitrogens with one attached hydrogen (secondary N) is 1. The van der Waals surface area contributed by atoms with E-state index in [-0.39, 0.29) is 11.3 Å². The summed E-state index contributed by atoms with van der Waals surface area (Å²) in [6, 6.07) is 16.1. The zero-order valence-electron chi connectivity index (χ0n) is 14.6. The summed E-state index contributed by atoms with van der Waals surface area (Å²) in [5.41, 5.74) is 2.92. The molecule has 130 valence electrons. The molecule has 2 aromatic rings. The third-order valence-electron chi connectivity index (χ3n) is 4.63. The van der Waals surface area contributed by atoms with Crippen molar-refractivity contribution in [3.63, 3.8) is 0 Å². The lowest BCUT2D eigenvalue weighted by atomic mass is 9.84. The number of benzene rings is 2. The van der Waals surface area contributed by atoms with Crippen LogP contribution < -0.4 is 10.2 Å². The Hall–Kier alpha value is -2.07. The van der Waals surface area contributed by atoms with Crippen molar-refractivity contribution in [2.45, 2.75) is 19.3 Å². The van der Waals surface area contributed by atoms with E-state index in [0.717, 1.165) is 23.2 Å². The standard InChI is InChI=1S/C21H23BrN2O/c1-21(2,17-7-9-18(22)10-8-17)15-23-20(25)16-5-11-19(12-6-16)24-13-3-4-14-24/h3-12H,13-15H2,1-2H3,(H,23,25). The first-order chi connectivity index (χ1) is 12.0. The van der Waals surface area contributed by atoms with Crippen LogP contribution in [0.3, 0.4) is 0 Å². The Morgan fingerprint density at radius 1 is 1.04 bits per heavy atom. The maximum Gasteiger partial charge on any atom is 0.251 e. The molecule has 2 aromatic carbocycles. The fourth-order valence-electron chi connectivity index (χ4n) is 2.92. The summed E-state index contributed by atoms with van der Waals surface area (Å²) in [7, 11) is 0. The minimum Gasteiger partial charge on any atom is -0.364 e. The first-order valence-corrected chi connectivity index (χ1v) is 9.29. The van der Waals surface area contributed by atoms with E-state index >= 15 is 0 Å². The van der Waals surface area contributed by atoms with Crippen molar-refractivity contribution >= 4 is 27.5 Å². The molecule has 1 aliphatic heterocycles. The van der Waals surface area contributed by atoms with Crippen molar-refractivity contribution in [3.05, 3.63) is 76.3 Å². The van der Waals surface area contributed by atoms with Gasteiger partial charge in [-0.15, -0.1) is 0 Å². The number of anilines is 1. The fourth-order valence-corrected chi connectivity index (χ4v) is 3.18. The van der Waals surface area contributed by atoms with Gasteiger partial charge in [-0.1, -0.05) is 54.1 Å². The highest BCUT2D eigenvalue weighted by Crippen LogP contribution is 2.24. The summed E-state index contributed by atoms with van der Waals surface area (Å²) in [6.07, 6.45) is 4.32. The summed E-state index contributed by atoms with van der Waals surface area (Å²) >= 11 is 3.46. The van der Waals surface area contributed by atoms with Gasteiger partial charge in [0, 0.05) is 40.8 Å². The van der Waals surface area contributed by atoms with Gasteiger partial charge in [-0.25, -0.2) is 0 Å². The van der Waals surface area contributed by atoms with Gasteiger partial charge in [0.2, 0.25) is 0 Å². The fraction of sp³-hybridized carbons (Fsp3) is 0.286. The average Bonchev–Trinajstić information content (AvgIpc) is 3.15. The molecule has 1 amide bonds. The van der Waals surface area contributed by atoms with Gasteiger partial charge in [0.25, 0.3) is 5.91 Å². The zero-order chi connectivity index (χ0) is 17.9. The van der Waals surface area contributed by atoms with Gasteiger partial charge in [0.1, 0.15) is 0 Å². The molecule has 0 saturated carbocycles. The number of carbonyl (C=O) groups is 1. The lowest BCUT2D eigenvalue weighted by Crippen LogP contribution is -2.36. The molecular weight excluding hydrogens is 376 g/mol. The van der Waals surface area contributed by atoms with Crippen molar-refractivity contribution in [2.75, 3.05) is 24.5 Å². The number of rotatable bonds is 5. The molecule has 25 heavy (non-hydrogen) atoms. The Morgan fingerprint density at radius 3 is 2.24 bits per heavy atom. The largest absolute Gasteiger partial charge is 0.364 e. The molecule has 0 aliphatic carbocycles. The van der Waals surface area contributed by atoms with E-state index in [2.05, 4.69) is 64.3 Å². The molecule has 3 rings (SSSR count). The molecule has 1 aliphatic rings. The topological polar surface area (TPSA) is 32.3 Å². The summed E-state index contributed by atoms with van der Waals surface area (Å²) in [5.74, 6) is -0.0312. The molecular formula is C21H23BrN2O. The van der Waals surface area contributed by atoms with Gasteiger partial charge in [-0.2, -0.15) is 0 Å². The first-order valence-electron chi connectivity index (χ1n) is 8.50. The number of carbonyl (C=O) groups excluding carboxylic acids is 1. The molecule has 0 atom stereocenters. The highest BCUT2D eigenvalue weighted by Gasteiger charge is 2.21. The van der Waals surface area contributed by atoms with Crippen LogP contribution >= 0.6 is 15.9 Å². The molecule has 1 heterocycles. The lowest BCUT2D eigenvalue weighted by molar-refractivity contribution is 0.0945. The SMILES string of the molecule is CC(C)(CNC(=O)c1ccc(N2CC=CC2)cc1)c1ccc(Br)cc1. The molecule has 0 saturated heterocycles. The van der Waals surface area contributed by atoms with E-state index in [1.54, 1.807) is 0 Å². The number of hydrogen-bond donors (Lipinski definition) is 1. The minimum atomic E-state index is -0.127. The Balaban J connectivity index is 1.60.